The summed E-state index contributed by atoms with van der Waals surface area (Å²) in [4.78, 5) is 16.6. The number of fused-ring (bicyclic) bond motifs is 1. The monoisotopic (exact) mass is 226 g/mol. The Labute approximate surface area is 94.1 Å². The average molecular weight is 227 g/mol. The number of alkyl halides is 1. The zero-order chi connectivity index (χ0) is 10.8. The maximum atomic E-state index is 12.1. The zero-order valence-corrected chi connectivity index (χ0v) is 9.68. The van der Waals surface area contributed by atoms with Gasteiger partial charge in [-0.05, 0) is 26.2 Å². The Kier molecular flexibility index (Phi) is 3.10. The predicted octanol–water partition coefficient (Wildman–Crippen LogP) is 1.67. The van der Waals surface area contributed by atoms with Crippen LogP contribution >= 0.6 is 11.6 Å². The topological polar surface area (TPSA) is 34.9 Å². The third-order valence-electron chi connectivity index (χ3n) is 2.92. The lowest BCUT2D eigenvalue weighted by atomic mass is 10.1. The van der Waals surface area contributed by atoms with Gasteiger partial charge in [-0.2, -0.15) is 0 Å². The smallest absolute Gasteiger partial charge is 0.256 e. The van der Waals surface area contributed by atoms with E-state index in [0.29, 0.717) is 12.3 Å². The lowest BCUT2D eigenvalue weighted by molar-refractivity contribution is 0.490. The van der Waals surface area contributed by atoms with Crippen molar-refractivity contribution < 1.29 is 0 Å². The van der Waals surface area contributed by atoms with Gasteiger partial charge < -0.3 is 0 Å². The van der Waals surface area contributed by atoms with E-state index in [4.69, 9.17) is 11.6 Å². The van der Waals surface area contributed by atoms with Gasteiger partial charge in [0.2, 0.25) is 0 Å². The molecule has 1 aromatic heterocycles. The van der Waals surface area contributed by atoms with Crippen molar-refractivity contribution in [1.82, 2.24) is 9.55 Å². The molecule has 0 aromatic carbocycles. The minimum absolute atomic E-state index is 0.123. The molecule has 0 saturated carbocycles. The highest BCUT2D eigenvalue weighted by Crippen LogP contribution is 2.12. The van der Waals surface area contributed by atoms with Crippen molar-refractivity contribution in [1.29, 1.82) is 0 Å². The Balaban J connectivity index is 2.54. The van der Waals surface area contributed by atoms with E-state index in [1.807, 2.05) is 11.5 Å². The summed E-state index contributed by atoms with van der Waals surface area (Å²) >= 11 is 5.69. The van der Waals surface area contributed by atoms with Gasteiger partial charge in [0.1, 0.15) is 5.82 Å². The first kappa shape index (κ1) is 10.7. The fourth-order valence-electron chi connectivity index (χ4n) is 2.11. The molecule has 0 N–H and O–H groups in total. The van der Waals surface area contributed by atoms with Gasteiger partial charge in [-0.1, -0.05) is 0 Å². The molecule has 2 rings (SSSR count). The summed E-state index contributed by atoms with van der Waals surface area (Å²) in [6, 6.07) is 0. The molecule has 0 unspecified atom stereocenters. The molecule has 0 amide bonds. The van der Waals surface area contributed by atoms with Crippen LogP contribution in [0.5, 0.6) is 0 Å². The van der Waals surface area contributed by atoms with E-state index in [9.17, 15) is 4.79 Å². The largest absolute Gasteiger partial charge is 0.296 e. The van der Waals surface area contributed by atoms with E-state index < -0.39 is 0 Å². The summed E-state index contributed by atoms with van der Waals surface area (Å²) < 4.78 is 1.82. The van der Waals surface area contributed by atoms with Crippen molar-refractivity contribution in [3.63, 3.8) is 0 Å². The highest BCUT2D eigenvalue weighted by molar-refractivity contribution is 6.17. The second kappa shape index (κ2) is 4.35. The number of aryl methyl sites for hydroxylation is 2. The molecule has 2 heterocycles. The minimum Gasteiger partial charge on any atom is -0.296 e. The Morgan fingerprint density at radius 1 is 1.47 bits per heavy atom. The number of hydrogen-bond acceptors (Lipinski definition) is 2. The quantitative estimate of drug-likeness (QED) is 0.719. The fourth-order valence-corrected chi connectivity index (χ4v) is 2.30. The predicted molar refractivity (Wildman–Crippen MR) is 60.6 cm³/mol. The molecule has 1 aliphatic rings. The van der Waals surface area contributed by atoms with E-state index >= 15 is 0 Å². The Morgan fingerprint density at radius 2 is 2.27 bits per heavy atom. The second-order valence-electron chi connectivity index (χ2n) is 3.94. The molecule has 0 spiro atoms. The molecule has 1 aromatic rings. The minimum atomic E-state index is 0.123. The van der Waals surface area contributed by atoms with Crippen LogP contribution in [0, 0.1) is 6.92 Å². The number of hydrogen-bond donors (Lipinski definition) is 0. The number of nitrogens with zero attached hydrogens (tertiary/aromatic N) is 2. The van der Waals surface area contributed by atoms with Crippen molar-refractivity contribution in [2.75, 3.05) is 5.88 Å². The van der Waals surface area contributed by atoms with E-state index in [-0.39, 0.29) is 5.56 Å². The molecule has 4 heteroatoms. The van der Waals surface area contributed by atoms with Crippen LogP contribution in [0.3, 0.4) is 0 Å². The molecular formula is C11H15ClN2O. The highest BCUT2D eigenvalue weighted by Gasteiger charge is 2.16. The molecule has 0 fully saturated rings. The van der Waals surface area contributed by atoms with E-state index in [2.05, 4.69) is 4.98 Å². The lowest BCUT2D eigenvalue weighted by Crippen LogP contribution is -2.32. The Bertz CT molecular complexity index is 425. The second-order valence-corrected chi connectivity index (χ2v) is 4.32. The molecule has 82 valence electrons. The fraction of sp³-hybridized carbons (Fsp3) is 0.636. The SMILES string of the molecule is Cc1nc2n(c(=O)c1CCCl)CCCC2. The van der Waals surface area contributed by atoms with Crippen molar-refractivity contribution in [3.8, 4) is 0 Å². The van der Waals surface area contributed by atoms with Crippen LogP contribution in [0.2, 0.25) is 0 Å². The first-order valence-electron chi connectivity index (χ1n) is 5.39. The van der Waals surface area contributed by atoms with Gasteiger partial charge in [-0.15, -0.1) is 11.6 Å². The van der Waals surface area contributed by atoms with Crippen LogP contribution < -0.4 is 5.56 Å². The van der Waals surface area contributed by atoms with Crippen LogP contribution in [-0.4, -0.2) is 15.4 Å². The van der Waals surface area contributed by atoms with Crippen LogP contribution in [0.4, 0.5) is 0 Å². The van der Waals surface area contributed by atoms with Crippen molar-refractivity contribution >= 4 is 11.6 Å². The third-order valence-corrected chi connectivity index (χ3v) is 3.11. The van der Waals surface area contributed by atoms with Crippen molar-refractivity contribution in [2.24, 2.45) is 0 Å². The Morgan fingerprint density at radius 3 is 3.00 bits per heavy atom. The van der Waals surface area contributed by atoms with Crippen LogP contribution in [0.15, 0.2) is 4.79 Å². The van der Waals surface area contributed by atoms with E-state index in [0.717, 1.165) is 42.9 Å². The average Bonchev–Trinajstić information content (AvgIpc) is 2.24. The molecular weight excluding hydrogens is 212 g/mol. The van der Waals surface area contributed by atoms with Crippen molar-refractivity contribution in [3.05, 3.63) is 27.4 Å². The van der Waals surface area contributed by atoms with Gasteiger partial charge in [0.25, 0.3) is 5.56 Å². The van der Waals surface area contributed by atoms with E-state index in [1.54, 1.807) is 0 Å². The standard InChI is InChI=1S/C11H15ClN2O/c1-8-9(5-6-12)11(15)14-7-3-2-4-10(14)13-8/h2-7H2,1H3. The lowest BCUT2D eigenvalue weighted by Gasteiger charge is -2.19. The van der Waals surface area contributed by atoms with Gasteiger partial charge in [-0.3, -0.25) is 9.36 Å². The number of halogens is 1. The van der Waals surface area contributed by atoms with Gasteiger partial charge in [-0.25, -0.2) is 4.98 Å². The molecule has 3 nitrogen and oxygen atoms in total. The molecule has 0 atom stereocenters. The third kappa shape index (κ3) is 1.93. The first-order valence-corrected chi connectivity index (χ1v) is 5.92. The highest BCUT2D eigenvalue weighted by atomic mass is 35.5. The van der Waals surface area contributed by atoms with E-state index in [1.165, 1.54) is 0 Å². The summed E-state index contributed by atoms with van der Waals surface area (Å²) in [5.74, 6) is 1.43. The van der Waals surface area contributed by atoms with Gasteiger partial charge in [0.05, 0.1) is 0 Å². The normalized spacial score (nSPS) is 15.1. The van der Waals surface area contributed by atoms with Crippen molar-refractivity contribution in [2.45, 2.75) is 39.2 Å². The Hall–Kier alpha value is -0.830. The zero-order valence-electron chi connectivity index (χ0n) is 8.92. The summed E-state index contributed by atoms with van der Waals surface area (Å²) in [7, 11) is 0. The summed E-state index contributed by atoms with van der Waals surface area (Å²) in [5, 5.41) is 0. The van der Waals surface area contributed by atoms with Gasteiger partial charge in [0, 0.05) is 30.1 Å². The molecule has 1 aliphatic heterocycles. The van der Waals surface area contributed by atoms with Gasteiger partial charge >= 0.3 is 0 Å². The molecule has 0 radical (unpaired) electrons. The summed E-state index contributed by atoms with van der Waals surface area (Å²) in [6.45, 7) is 2.72. The molecule has 0 aliphatic carbocycles. The number of aromatic nitrogens is 2. The van der Waals surface area contributed by atoms with Crippen LogP contribution in [-0.2, 0) is 19.4 Å². The maximum absolute atomic E-state index is 12.1. The maximum Gasteiger partial charge on any atom is 0.256 e. The molecule has 15 heavy (non-hydrogen) atoms. The van der Waals surface area contributed by atoms with Crippen LogP contribution in [0.25, 0.3) is 0 Å². The summed E-state index contributed by atoms with van der Waals surface area (Å²) in [6.07, 6.45) is 3.77. The summed E-state index contributed by atoms with van der Waals surface area (Å²) in [5.41, 5.74) is 1.77. The van der Waals surface area contributed by atoms with Gasteiger partial charge in [0.15, 0.2) is 0 Å². The molecule has 0 bridgehead atoms. The first-order chi connectivity index (χ1) is 7.24. The van der Waals surface area contributed by atoms with Crippen LogP contribution in [0.1, 0.15) is 29.9 Å². The number of rotatable bonds is 2. The molecule has 0 saturated heterocycles.